The molecule has 0 spiro atoms. The van der Waals surface area contributed by atoms with Crippen molar-refractivity contribution in [2.75, 3.05) is 86.4 Å². The number of rotatable bonds is 20. The first kappa shape index (κ1) is 24.2. The second-order valence-corrected chi connectivity index (χ2v) is 5.07. The lowest BCUT2D eigenvalue weighted by Gasteiger charge is -2.08. The number of carbonyl (C=O) groups excluding carboxylic acids is 1. The zero-order valence-corrected chi connectivity index (χ0v) is 15.7. The fraction of sp³-hybridized carbons (Fsp3) is 0.941. The first-order chi connectivity index (χ1) is 12.3. The Bertz CT molecular complexity index is 275. The summed E-state index contributed by atoms with van der Waals surface area (Å²) in [6, 6.07) is 0. The molecule has 0 rings (SSSR count). The third kappa shape index (κ3) is 21.2. The van der Waals surface area contributed by atoms with Crippen LogP contribution in [0.5, 0.6) is 0 Å². The highest BCUT2D eigenvalue weighted by Gasteiger charge is 2.01. The molecule has 0 aromatic carbocycles. The fourth-order valence-electron chi connectivity index (χ4n) is 1.55. The van der Waals surface area contributed by atoms with Gasteiger partial charge in [0.2, 0.25) is 0 Å². The van der Waals surface area contributed by atoms with Gasteiger partial charge < -0.3 is 33.2 Å². The Kier molecular flexibility index (Phi) is 20.6. The van der Waals surface area contributed by atoms with Gasteiger partial charge in [-0.25, -0.2) is 4.79 Å². The minimum atomic E-state index is -0.333. The van der Waals surface area contributed by atoms with Crippen molar-refractivity contribution in [3.63, 3.8) is 0 Å². The molecule has 8 heteroatoms. The molecule has 150 valence electrons. The Morgan fingerprint density at radius 2 is 1.08 bits per heavy atom. The van der Waals surface area contributed by atoms with E-state index in [1.807, 2.05) is 6.92 Å². The summed E-state index contributed by atoms with van der Waals surface area (Å²) in [7, 11) is 1.64. The van der Waals surface area contributed by atoms with Crippen LogP contribution in [0.4, 0.5) is 0 Å². The van der Waals surface area contributed by atoms with E-state index in [2.05, 4.69) is 0 Å². The van der Waals surface area contributed by atoms with Gasteiger partial charge in [-0.3, -0.25) is 0 Å². The predicted molar refractivity (Wildman–Crippen MR) is 91.8 cm³/mol. The van der Waals surface area contributed by atoms with Crippen LogP contribution in [0.1, 0.15) is 19.8 Å². The second-order valence-electron chi connectivity index (χ2n) is 5.07. The van der Waals surface area contributed by atoms with E-state index in [0.29, 0.717) is 72.7 Å². The van der Waals surface area contributed by atoms with Gasteiger partial charge in [-0.05, 0) is 6.42 Å². The third-order valence-corrected chi connectivity index (χ3v) is 2.90. The fourth-order valence-corrected chi connectivity index (χ4v) is 1.55. The summed E-state index contributed by atoms with van der Waals surface area (Å²) in [4.78, 5) is 11.2. The topological polar surface area (TPSA) is 81.7 Å². The summed E-state index contributed by atoms with van der Waals surface area (Å²) in [5.41, 5.74) is 0. The first-order valence-corrected chi connectivity index (χ1v) is 8.84. The first-order valence-electron chi connectivity index (χ1n) is 8.84. The van der Waals surface area contributed by atoms with E-state index in [9.17, 15) is 4.79 Å². The predicted octanol–water partition coefficient (Wildman–Crippen LogP) is 1.06. The normalized spacial score (nSPS) is 11.0. The highest BCUT2D eigenvalue weighted by Crippen LogP contribution is 1.90. The lowest BCUT2D eigenvalue weighted by atomic mass is 10.4. The van der Waals surface area contributed by atoms with Crippen molar-refractivity contribution in [1.29, 1.82) is 0 Å². The van der Waals surface area contributed by atoms with Crippen molar-refractivity contribution in [3.8, 4) is 0 Å². The molecule has 0 fully saturated rings. The summed E-state index contributed by atoms with van der Waals surface area (Å²) >= 11 is 0. The van der Waals surface area contributed by atoms with Gasteiger partial charge >= 0.3 is 5.97 Å². The third-order valence-electron chi connectivity index (χ3n) is 2.90. The van der Waals surface area contributed by atoms with E-state index in [1.54, 1.807) is 7.11 Å². The minimum Gasteiger partial charge on any atom is -0.464 e. The Hall–Kier alpha value is -0.770. The van der Waals surface area contributed by atoms with Crippen LogP contribution in [0.15, 0.2) is 0 Å². The Morgan fingerprint density at radius 1 is 0.640 bits per heavy atom. The maximum Gasteiger partial charge on any atom is 0.332 e. The number of unbranched alkanes of at least 4 members (excludes halogenated alkanes) is 1. The average molecular weight is 366 g/mol. The zero-order valence-electron chi connectivity index (χ0n) is 15.7. The summed E-state index contributed by atoms with van der Waals surface area (Å²) in [5, 5.41) is 0. The largest absolute Gasteiger partial charge is 0.464 e. The van der Waals surface area contributed by atoms with Crippen LogP contribution >= 0.6 is 0 Å². The van der Waals surface area contributed by atoms with Gasteiger partial charge in [-0.15, -0.1) is 0 Å². The lowest BCUT2D eigenvalue weighted by Crippen LogP contribution is -2.17. The van der Waals surface area contributed by atoms with Crippen LogP contribution < -0.4 is 0 Å². The number of ether oxygens (including phenoxy) is 7. The lowest BCUT2D eigenvalue weighted by molar-refractivity contribution is -0.149. The summed E-state index contributed by atoms with van der Waals surface area (Å²) in [6.45, 7) is 7.52. The highest BCUT2D eigenvalue weighted by molar-refractivity contribution is 5.70. The van der Waals surface area contributed by atoms with E-state index >= 15 is 0 Å². The summed E-state index contributed by atoms with van der Waals surface area (Å²) in [6.07, 6.45) is 1.88. The molecule has 0 aromatic heterocycles. The van der Waals surface area contributed by atoms with Crippen molar-refractivity contribution < 1.29 is 38.0 Å². The number of hydrogen-bond acceptors (Lipinski definition) is 8. The number of carbonyl (C=O) groups is 1. The maximum absolute atomic E-state index is 11.2. The molecule has 8 nitrogen and oxygen atoms in total. The molecule has 0 saturated carbocycles. The zero-order chi connectivity index (χ0) is 18.4. The molecule has 0 amide bonds. The molecular formula is C17H34O8. The van der Waals surface area contributed by atoms with Crippen LogP contribution in [0.3, 0.4) is 0 Å². The second kappa shape index (κ2) is 21.3. The molecule has 0 N–H and O–H groups in total. The van der Waals surface area contributed by atoms with Gasteiger partial charge in [0.25, 0.3) is 0 Å². The molecule has 0 aliphatic rings. The molecular weight excluding hydrogens is 332 g/mol. The molecule has 0 atom stereocenters. The molecule has 0 heterocycles. The van der Waals surface area contributed by atoms with Crippen LogP contribution in [0.2, 0.25) is 0 Å². The van der Waals surface area contributed by atoms with E-state index in [0.717, 1.165) is 12.8 Å². The van der Waals surface area contributed by atoms with Crippen LogP contribution in [-0.4, -0.2) is 92.4 Å². The van der Waals surface area contributed by atoms with Gasteiger partial charge in [0.05, 0.1) is 72.7 Å². The summed E-state index contributed by atoms with van der Waals surface area (Å²) < 4.78 is 36.2. The van der Waals surface area contributed by atoms with Gasteiger partial charge in [0, 0.05) is 7.11 Å². The molecule has 0 aliphatic heterocycles. The molecule has 0 aliphatic carbocycles. The Balaban J connectivity index is 3.06. The monoisotopic (exact) mass is 366 g/mol. The maximum atomic E-state index is 11.2. The van der Waals surface area contributed by atoms with Crippen LogP contribution in [-0.2, 0) is 38.0 Å². The van der Waals surface area contributed by atoms with E-state index < -0.39 is 0 Å². The number of esters is 1. The molecule has 25 heavy (non-hydrogen) atoms. The average Bonchev–Trinajstić information content (AvgIpc) is 2.61. The Labute approximate surface area is 151 Å². The number of methoxy groups -OCH3 is 1. The van der Waals surface area contributed by atoms with E-state index in [4.69, 9.17) is 33.2 Å². The highest BCUT2D eigenvalue weighted by atomic mass is 16.6. The quantitative estimate of drug-likeness (QED) is 0.234. The van der Waals surface area contributed by atoms with Gasteiger partial charge in [0.1, 0.15) is 6.61 Å². The van der Waals surface area contributed by atoms with Crippen molar-refractivity contribution in [3.05, 3.63) is 0 Å². The number of hydrogen-bond donors (Lipinski definition) is 0. The van der Waals surface area contributed by atoms with Crippen molar-refractivity contribution in [2.45, 2.75) is 19.8 Å². The van der Waals surface area contributed by atoms with Gasteiger partial charge in [0.15, 0.2) is 0 Å². The molecule has 0 radical (unpaired) electrons. The van der Waals surface area contributed by atoms with E-state index in [1.165, 1.54) is 0 Å². The Morgan fingerprint density at radius 3 is 1.52 bits per heavy atom. The van der Waals surface area contributed by atoms with Crippen molar-refractivity contribution in [1.82, 2.24) is 0 Å². The van der Waals surface area contributed by atoms with E-state index in [-0.39, 0.29) is 12.6 Å². The van der Waals surface area contributed by atoms with Gasteiger partial charge in [-0.1, -0.05) is 13.3 Å². The molecule has 0 aromatic rings. The van der Waals surface area contributed by atoms with Crippen molar-refractivity contribution >= 4 is 5.97 Å². The molecule has 0 unspecified atom stereocenters. The minimum absolute atomic E-state index is 0.0317. The standard InChI is InChI=1S/C17H34O8/c1-3-4-5-25-17(18)16-24-15-14-23-13-12-22-11-10-21-9-8-20-7-6-19-2/h3-16H2,1-2H3. The van der Waals surface area contributed by atoms with Crippen LogP contribution in [0.25, 0.3) is 0 Å². The SMILES string of the molecule is CCCCOC(=O)COCCOCCOCCOCCOCCOC. The van der Waals surface area contributed by atoms with Crippen molar-refractivity contribution in [2.24, 2.45) is 0 Å². The summed E-state index contributed by atoms with van der Waals surface area (Å²) in [5.74, 6) is -0.333. The molecule has 0 bridgehead atoms. The molecule has 0 saturated heterocycles. The van der Waals surface area contributed by atoms with Gasteiger partial charge in [-0.2, -0.15) is 0 Å². The smallest absolute Gasteiger partial charge is 0.332 e. The van der Waals surface area contributed by atoms with Crippen LogP contribution in [0, 0.1) is 0 Å².